The van der Waals surface area contributed by atoms with E-state index in [0.717, 1.165) is 12.8 Å². The van der Waals surface area contributed by atoms with Gasteiger partial charge in [0.2, 0.25) is 11.6 Å². The van der Waals surface area contributed by atoms with Gasteiger partial charge in [0.25, 0.3) is 0 Å². The second-order valence-electron chi connectivity index (χ2n) is 7.56. The van der Waals surface area contributed by atoms with Crippen molar-refractivity contribution in [3.63, 3.8) is 0 Å². The summed E-state index contributed by atoms with van der Waals surface area (Å²) in [5.41, 5.74) is -1.50. The van der Waals surface area contributed by atoms with E-state index in [1.807, 2.05) is 20.8 Å². The molecule has 0 aromatic heterocycles. The zero-order chi connectivity index (χ0) is 16.6. The van der Waals surface area contributed by atoms with Gasteiger partial charge in [-0.05, 0) is 31.1 Å². The van der Waals surface area contributed by atoms with Crippen LogP contribution < -0.4 is 0 Å². The van der Waals surface area contributed by atoms with Gasteiger partial charge in [-0.1, -0.05) is 20.8 Å². The Kier molecular flexibility index (Phi) is 4.81. The number of Topliss-reactive ketones (excluding diaryl/α,β-unsaturated/α-hetero) is 2. The van der Waals surface area contributed by atoms with Crippen LogP contribution in [0, 0.1) is 22.2 Å². The SMILES string of the molecule is CCC(CO)(CO)COCCC12CCC(C(=O)C1=O)C2(C)C. The van der Waals surface area contributed by atoms with Crippen LogP contribution >= 0.6 is 0 Å². The largest absolute Gasteiger partial charge is 0.396 e. The third-order valence-electron chi connectivity index (χ3n) is 6.44. The standard InChI is InChI=1S/C17H28O5/c1-4-16(9-18,10-19)11-22-8-7-17-6-5-12(15(17,2)3)13(20)14(17)21/h12,18-19H,4-11H2,1-3H3. The Morgan fingerprint density at radius 2 is 1.91 bits per heavy atom. The number of rotatable bonds is 8. The molecule has 2 fully saturated rings. The first-order valence-corrected chi connectivity index (χ1v) is 8.18. The predicted molar refractivity (Wildman–Crippen MR) is 81.3 cm³/mol. The first kappa shape index (κ1) is 17.6. The van der Waals surface area contributed by atoms with Gasteiger partial charge >= 0.3 is 0 Å². The van der Waals surface area contributed by atoms with E-state index >= 15 is 0 Å². The van der Waals surface area contributed by atoms with Crippen molar-refractivity contribution in [3.05, 3.63) is 0 Å². The van der Waals surface area contributed by atoms with Crippen molar-refractivity contribution in [3.8, 4) is 0 Å². The number of ether oxygens (including phenoxy) is 1. The highest BCUT2D eigenvalue weighted by Gasteiger charge is 2.68. The molecule has 0 aliphatic heterocycles. The van der Waals surface area contributed by atoms with Crippen molar-refractivity contribution in [1.29, 1.82) is 0 Å². The Labute approximate surface area is 132 Å². The fourth-order valence-corrected chi connectivity index (χ4v) is 4.23. The Morgan fingerprint density at radius 3 is 2.36 bits per heavy atom. The van der Waals surface area contributed by atoms with E-state index in [1.54, 1.807) is 0 Å². The molecule has 0 aromatic rings. The predicted octanol–water partition coefficient (Wildman–Crippen LogP) is 1.35. The minimum Gasteiger partial charge on any atom is -0.396 e. The molecule has 2 rings (SSSR count). The zero-order valence-electron chi connectivity index (χ0n) is 13.9. The number of carbonyl (C=O) groups is 2. The van der Waals surface area contributed by atoms with Crippen LogP contribution in [-0.2, 0) is 14.3 Å². The monoisotopic (exact) mass is 312 g/mol. The van der Waals surface area contributed by atoms with Crippen molar-refractivity contribution in [2.24, 2.45) is 22.2 Å². The molecule has 22 heavy (non-hydrogen) atoms. The maximum atomic E-state index is 12.4. The van der Waals surface area contributed by atoms with Crippen molar-refractivity contribution in [2.45, 2.75) is 46.5 Å². The van der Waals surface area contributed by atoms with Crippen LogP contribution in [0.15, 0.2) is 0 Å². The lowest BCUT2D eigenvalue weighted by molar-refractivity contribution is -0.142. The number of fused-ring (bicyclic) bond motifs is 2. The Hall–Kier alpha value is -0.780. The number of hydrogen-bond acceptors (Lipinski definition) is 5. The van der Waals surface area contributed by atoms with Gasteiger partial charge in [0, 0.05) is 23.4 Å². The van der Waals surface area contributed by atoms with E-state index in [2.05, 4.69) is 0 Å². The van der Waals surface area contributed by atoms with Crippen LogP contribution in [0.25, 0.3) is 0 Å². The highest BCUT2D eigenvalue weighted by molar-refractivity contribution is 6.43. The molecule has 0 heterocycles. The van der Waals surface area contributed by atoms with Gasteiger partial charge in [0.05, 0.1) is 19.8 Å². The summed E-state index contributed by atoms with van der Waals surface area (Å²) < 4.78 is 5.67. The van der Waals surface area contributed by atoms with E-state index < -0.39 is 10.8 Å². The summed E-state index contributed by atoms with van der Waals surface area (Å²) in [6.07, 6.45) is 2.72. The van der Waals surface area contributed by atoms with Gasteiger partial charge < -0.3 is 14.9 Å². The maximum absolute atomic E-state index is 12.4. The summed E-state index contributed by atoms with van der Waals surface area (Å²) in [7, 11) is 0. The van der Waals surface area contributed by atoms with Gasteiger partial charge in [-0.25, -0.2) is 0 Å². The molecule has 2 aliphatic carbocycles. The molecule has 0 radical (unpaired) electrons. The molecule has 0 amide bonds. The van der Waals surface area contributed by atoms with Crippen molar-refractivity contribution < 1.29 is 24.5 Å². The van der Waals surface area contributed by atoms with Crippen molar-refractivity contribution in [1.82, 2.24) is 0 Å². The Balaban J connectivity index is 1.97. The Bertz CT molecular complexity index is 444. The lowest BCUT2D eigenvalue weighted by atomic mass is 9.67. The highest BCUT2D eigenvalue weighted by atomic mass is 16.5. The summed E-state index contributed by atoms with van der Waals surface area (Å²) in [4.78, 5) is 24.4. The minimum atomic E-state index is -0.624. The summed E-state index contributed by atoms with van der Waals surface area (Å²) in [6.45, 7) is 6.32. The molecule has 2 atom stereocenters. The van der Waals surface area contributed by atoms with Crippen LogP contribution in [0.1, 0.15) is 46.5 Å². The molecule has 0 saturated heterocycles. The van der Waals surface area contributed by atoms with Crippen LogP contribution in [-0.4, -0.2) is 48.2 Å². The van der Waals surface area contributed by atoms with Gasteiger partial charge in [0.15, 0.2) is 0 Å². The second-order valence-corrected chi connectivity index (χ2v) is 7.56. The van der Waals surface area contributed by atoms with Crippen LogP contribution in [0.2, 0.25) is 0 Å². The van der Waals surface area contributed by atoms with Crippen LogP contribution in [0.4, 0.5) is 0 Å². The van der Waals surface area contributed by atoms with Crippen LogP contribution in [0.3, 0.4) is 0 Å². The lowest BCUT2D eigenvalue weighted by Crippen LogP contribution is -2.39. The molecular weight excluding hydrogens is 284 g/mol. The molecule has 2 bridgehead atoms. The smallest absolute Gasteiger partial charge is 0.205 e. The van der Waals surface area contributed by atoms with Crippen LogP contribution in [0.5, 0.6) is 0 Å². The molecule has 0 spiro atoms. The molecule has 2 aliphatic rings. The molecular formula is C17H28O5. The highest BCUT2D eigenvalue weighted by Crippen LogP contribution is 2.63. The summed E-state index contributed by atoms with van der Waals surface area (Å²) >= 11 is 0. The number of aliphatic hydroxyl groups is 2. The fourth-order valence-electron chi connectivity index (χ4n) is 4.23. The first-order valence-electron chi connectivity index (χ1n) is 8.18. The Morgan fingerprint density at radius 1 is 1.27 bits per heavy atom. The van der Waals surface area contributed by atoms with E-state index in [9.17, 15) is 19.8 Å². The minimum absolute atomic E-state index is 0.129. The summed E-state index contributed by atoms with van der Waals surface area (Å²) in [5, 5.41) is 18.8. The topological polar surface area (TPSA) is 83.8 Å². The first-order chi connectivity index (χ1) is 10.3. The molecule has 0 aromatic carbocycles. The number of aliphatic hydroxyl groups excluding tert-OH is 2. The third kappa shape index (κ3) is 2.34. The number of carbonyl (C=O) groups excluding carboxylic acids is 2. The van der Waals surface area contributed by atoms with Crippen molar-refractivity contribution >= 4 is 11.6 Å². The maximum Gasteiger partial charge on any atom is 0.205 e. The summed E-state index contributed by atoms with van der Waals surface area (Å²) in [6, 6.07) is 0. The fraction of sp³-hybridized carbons (Fsp3) is 0.882. The number of ketones is 2. The number of hydrogen-bond donors (Lipinski definition) is 2. The average molecular weight is 312 g/mol. The molecule has 2 N–H and O–H groups in total. The third-order valence-corrected chi connectivity index (χ3v) is 6.44. The van der Waals surface area contributed by atoms with Gasteiger partial charge in [-0.2, -0.15) is 0 Å². The summed E-state index contributed by atoms with van der Waals surface area (Å²) in [5.74, 6) is -0.557. The van der Waals surface area contributed by atoms with Gasteiger partial charge in [-0.3, -0.25) is 9.59 Å². The zero-order valence-corrected chi connectivity index (χ0v) is 13.9. The molecule has 5 heteroatoms. The van der Waals surface area contributed by atoms with E-state index in [0.29, 0.717) is 19.4 Å². The van der Waals surface area contributed by atoms with Gasteiger partial charge in [-0.15, -0.1) is 0 Å². The van der Waals surface area contributed by atoms with Gasteiger partial charge in [0.1, 0.15) is 0 Å². The molecule has 2 saturated carbocycles. The molecule has 126 valence electrons. The van der Waals surface area contributed by atoms with E-state index in [-0.39, 0.29) is 42.7 Å². The lowest BCUT2D eigenvalue weighted by Gasteiger charge is -2.36. The normalized spacial score (nSPS) is 30.3. The van der Waals surface area contributed by atoms with E-state index in [1.165, 1.54) is 0 Å². The molecule has 2 unspecified atom stereocenters. The molecule has 5 nitrogen and oxygen atoms in total. The quantitative estimate of drug-likeness (QED) is 0.522. The second kappa shape index (κ2) is 6.02. The van der Waals surface area contributed by atoms with E-state index in [4.69, 9.17) is 4.74 Å². The van der Waals surface area contributed by atoms with Crippen molar-refractivity contribution in [2.75, 3.05) is 26.4 Å². The average Bonchev–Trinajstić information content (AvgIpc) is 2.84.